The average Bonchev–Trinajstić information content (AvgIpc) is 3.26. The van der Waals surface area contributed by atoms with E-state index in [4.69, 9.17) is 9.47 Å². The van der Waals surface area contributed by atoms with Crippen LogP contribution in [0.5, 0.6) is 11.5 Å². The second kappa shape index (κ2) is 5.73. The highest BCUT2D eigenvalue weighted by atomic mass is 16.5. The second-order valence-corrected chi connectivity index (χ2v) is 7.34. The molecule has 3 saturated carbocycles. The monoisotopic (exact) mass is 315 g/mol. The lowest BCUT2D eigenvalue weighted by Crippen LogP contribution is -2.42. The van der Waals surface area contributed by atoms with Gasteiger partial charge in [-0.15, -0.1) is 0 Å². The Labute approximate surface area is 137 Å². The summed E-state index contributed by atoms with van der Waals surface area (Å²) in [5.41, 5.74) is 0.618. The Morgan fingerprint density at radius 3 is 2.39 bits per heavy atom. The molecule has 1 amide bonds. The molecular formula is C19H25NO3. The Morgan fingerprint density at radius 1 is 1.00 bits per heavy atom. The van der Waals surface area contributed by atoms with E-state index in [-0.39, 0.29) is 5.91 Å². The zero-order valence-electron chi connectivity index (χ0n) is 13.9. The second-order valence-electron chi connectivity index (χ2n) is 7.34. The highest BCUT2D eigenvalue weighted by molar-refractivity contribution is 5.95. The molecule has 23 heavy (non-hydrogen) atoms. The number of amides is 1. The van der Waals surface area contributed by atoms with Gasteiger partial charge in [0.2, 0.25) is 0 Å². The molecule has 0 radical (unpaired) electrons. The number of rotatable bonds is 4. The van der Waals surface area contributed by atoms with Crippen molar-refractivity contribution in [1.29, 1.82) is 0 Å². The quantitative estimate of drug-likeness (QED) is 0.928. The van der Waals surface area contributed by atoms with Gasteiger partial charge < -0.3 is 14.8 Å². The summed E-state index contributed by atoms with van der Waals surface area (Å²) in [6.45, 7) is 0. The highest BCUT2D eigenvalue weighted by Gasteiger charge is 2.54. The van der Waals surface area contributed by atoms with Crippen molar-refractivity contribution < 1.29 is 14.3 Å². The van der Waals surface area contributed by atoms with E-state index in [2.05, 4.69) is 5.32 Å². The van der Waals surface area contributed by atoms with Crippen molar-refractivity contribution in [2.75, 3.05) is 14.2 Å². The van der Waals surface area contributed by atoms with Crippen LogP contribution in [0.4, 0.5) is 0 Å². The fraction of sp³-hybridized carbons (Fsp3) is 0.632. The minimum absolute atomic E-state index is 0.00528. The third kappa shape index (κ3) is 2.48. The van der Waals surface area contributed by atoms with Crippen molar-refractivity contribution in [2.45, 2.75) is 38.1 Å². The molecular weight excluding hydrogens is 290 g/mol. The van der Waals surface area contributed by atoms with Gasteiger partial charge in [0, 0.05) is 17.7 Å². The molecule has 5 atom stereocenters. The molecule has 3 aliphatic carbocycles. The fourth-order valence-electron chi connectivity index (χ4n) is 5.42. The van der Waals surface area contributed by atoms with Gasteiger partial charge in [-0.05, 0) is 61.5 Å². The van der Waals surface area contributed by atoms with Gasteiger partial charge in [-0.2, -0.15) is 0 Å². The maximum absolute atomic E-state index is 12.7. The van der Waals surface area contributed by atoms with Crippen LogP contribution < -0.4 is 14.8 Å². The smallest absolute Gasteiger partial charge is 0.251 e. The van der Waals surface area contributed by atoms with Crippen LogP contribution in [0, 0.1) is 23.7 Å². The maximum atomic E-state index is 12.7. The van der Waals surface area contributed by atoms with E-state index >= 15 is 0 Å². The SMILES string of the molecule is COc1cc(OC)cc(C(=O)NC2CC3CC2C2CCCC32)c1. The lowest BCUT2D eigenvalue weighted by molar-refractivity contribution is 0.0900. The van der Waals surface area contributed by atoms with Gasteiger partial charge in [-0.1, -0.05) is 6.42 Å². The van der Waals surface area contributed by atoms with E-state index in [1.165, 1.54) is 32.1 Å². The summed E-state index contributed by atoms with van der Waals surface area (Å²) in [6, 6.07) is 5.70. The van der Waals surface area contributed by atoms with Crippen molar-refractivity contribution in [3.8, 4) is 11.5 Å². The van der Waals surface area contributed by atoms with E-state index in [1.807, 2.05) is 0 Å². The molecule has 0 aromatic heterocycles. The number of nitrogens with one attached hydrogen (secondary N) is 1. The van der Waals surface area contributed by atoms with Gasteiger partial charge in [0.05, 0.1) is 14.2 Å². The topological polar surface area (TPSA) is 47.6 Å². The minimum atomic E-state index is -0.00528. The van der Waals surface area contributed by atoms with Crippen molar-refractivity contribution >= 4 is 5.91 Å². The van der Waals surface area contributed by atoms with Gasteiger partial charge >= 0.3 is 0 Å². The first kappa shape index (κ1) is 14.9. The Bertz CT molecular complexity index is 592. The predicted molar refractivity (Wildman–Crippen MR) is 87.8 cm³/mol. The van der Waals surface area contributed by atoms with Crippen molar-refractivity contribution in [1.82, 2.24) is 5.32 Å². The van der Waals surface area contributed by atoms with E-state index < -0.39 is 0 Å². The molecule has 4 rings (SSSR count). The summed E-state index contributed by atoms with van der Waals surface area (Å²) in [7, 11) is 3.21. The molecule has 3 aliphatic rings. The van der Waals surface area contributed by atoms with Gasteiger partial charge in [0.25, 0.3) is 5.91 Å². The Balaban J connectivity index is 1.48. The third-order valence-corrected chi connectivity index (χ3v) is 6.36. The summed E-state index contributed by atoms with van der Waals surface area (Å²) in [6.07, 6.45) is 6.65. The summed E-state index contributed by atoms with van der Waals surface area (Å²) >= 11 is 0. The number of methoxy groups -OCH3 is 2. The van der Waals surface area contributed by atoms with Gasteiger partial charge in [0.1, 0.15) is 11.5 Å². The predicted octanol–water partition coefficient (Wildman–Crippen LogP) is 3.26. The molecule has 124 valence electrons. The number of carbonyl (C=O) groups is 1. The lowest BCUT2D eigenvalue weighted by Gasteiger charge is -2.32. The number of hydrogen-bond donors (Lipinski definition) is 1. The first-order chi connectivity index (χ1) is 11.2. The van der Waals surface area contributed by atoms with E-state index in [9.17, 15) is 4.79 Å². The molecule has 0 saturated heterocycles. The number of ether oxygens (including phenoxy) is 2. The molecule has 1 aromatic carbocycles. The van der Waals surface area contributed by atoms with Crippen molar-refractivity contribution in [3.63, 3.8) is 0 Å². The normalized spacial score (nSPS) is 34.3. The van der Waals surface area contributed by atoms with E-state index in [0.29, 0.717) is 29.0 Å². The molecule has 1 aromatic rings. The molecule has 4 heteroatoms. The number of carbonyl (C=O) groups excluding carboxylic acids is 1. The summed E-state index contributed by atoms with van der Waals surface area (Å²) in [5.74, 6) is 4.65. The molecule has 3 fully saturated rings. The zero-order chi connectivity index (χ0) is 16.0. The molecule has 0 spiro atoms. The standard InChI is InChI=1S/C19H25NO3/c1-22-13-6-12(7-14(10-13)23-2)19(21)20-18-9-11-8-17(18)16-5-3-4-15(11)16/h6-7,10-11,15-18H,3-5,8-9H2,1-2H3,(H,20,21). The first-order valence-corrected chi connectivity index (χ1v) is 8.73. The Kier molecular flexibility index (Phi) is 3.70. The van der Waals surface area contributed by atoms with Crippen LogP contribution in [0.15, 0.2) is 18.2 Å². The number of hydrogen-bond acceptors (Lipinski definition) is 3. The first-order valence-electron chi connectivity index (χ1n) is 8.73. The largest absolute Gasteiger partial charge is 0.497 e. The molecule has 2 bridgehead atoms. The van der Waals surface area contributed by atoms with Gasteiger partial charge in [-0.3, -0.25) is 4.79 Å². The molecule has 0 heterocycles. The Morgan fingerprint density at radius 2 is 1.70 bits per heavy atom. The Hall–Kier alpha value is -1.71. The van der Waals surface area contributed by atoms with E-state index in [0.717, 1.165) is 17.8 Å². The molecule has 4 nitrogen and oxygen atoms in total. The van der Waals surface area contributed by atoms with Crippen LogP contribution in [0.25, 0.3) is 0 Å². The van der Waals surface area contributed by atoms with Crippen molar-refractivity contribution in [3.05, 3.63) is 23.8 Å². The summed E-state index contributed by atoms with van der Waals surface area (Å²) in [4.78, 5) is 12.7. The third-order valence-electron chi connectivity index (χ3n) is 6.36. The van der Waals surface area contributed by atoms with Gasteiger partial charge in [-0.25, -0.2) is 0 Å². The highest BCUT2D eigenvalue weighted by Crippen LogP contribution is 2.58. The van der Waals surface area contributed by atoms with Gasteiger partial charge in [0.15, 0.2) is 0 Å². The maximum Gasteiger partial charge on any atom is 0.251 e. The van der Waals surface area contributed by atoms with Crippen LogP contribution in [0.1, 0.15) is 42.5 Å². The number of fused-ring (bicyclic) bond motifs is 5. The lowest BCUT2D eigenvalue weighted by atomic mass is 9.79. The zero-order valence-corrected chi connectivity index (χ0v) is 13.9. The van der Waals surface area contributed by atoms with Crippen LogP contribution in [-0.4, -0.2) is 26.2 Å². The summed E-state index contributed by atoms with van der Waals surface area (Å²) in [5, 5.41) is 3.29. The summed E-state index contributed by atoms with van der Waals surface area (Å²) < 4.78 is 10.5. The minimum Gasteiger partial charge on any atom is -0.497 e. The van der Waals surface area contributed by atoms with E-state index in [1.54, 1.807) is 32.4 Å². The molecule has 1 N–H and O–H groups in total. The number of benzene rings is 1. The van der Waals surface area contributed by atoms with Crippen LogP contribution >= 0.6 is 0 Å². The molecule has 5 unspecified atom stereocenters. The average molecular weight is 315 g/mol. The fourth-order valence-corrected chi connectivity index (χ4v) is 5.42. The van der Waals surface area contributed by atoms with Crippen LogP contribution in [0.3, 0.4) is 0 Å². The molecule has 0 aliphatic heterocycles. The van der Waals surface area contributed by atoms with Crippen molar-refractivity contribution in [2.24, 2.45) is 23.7 Å². The van der Waals surface area contributed by atoms with Crippen LogP contribution in [-0.2, 0) is 0 Å². The van der Waals surface area contributed by atoms with Crippen LogP contribution in [0.2, 0.25) is 0 Å².